The highest BCUT2D eigenvalue weighted by molar-refractivity contribution is 6.30. The quantitative estimate of drug-likeness (QED) is 0.743. The van der Waals surface area contributed by atoms with Crippen LogP contribution in [0.15, 0.2) is 41.3 Å². The maximum Gasteiger partial charge on any atom is 0.272 e. The number of aromatic nitrogens is 2. The molecular weight excluding hydrogens is 219 g/mol. The molecule has 0 N–H and O–H groups in total. The molecule has 0 spiro atoms. The van der Waals surface area contributed by atoms with Gasteiger partial charge in [0.25, 0.3) is 5.56 Å². The predicted molar refractivity (Wildman–Crippen MR) is 54.8 cm³/mol. The summed E-state index contributed by atoms with van der Waals surface area (Å²) in [6.45, 7) is 0. The van der Waals surface area contributed by atoms with Crippen LogP contribution in [0.2, 0.25) is 5.02 Å². The van der Waals surface area contributed by atoms with E-state index in [-0.39, 0.29) is 16.4 Å². The molecule has 0 saturated carbocycles. The lowest BCUT2D eigenvalue weighted by atomic mass is 10.3. The number of nitrogens with zero attached hydrogens (tertiary/aromatic N) is 2. The molecule has 3 nitrogen and oxygen atoms in total. The largest absolute Gasteiger partial charge is 0.272 e. The van der Waals surface area contributed by atoms with Crippen molar-refractivity contribution in [3.8, 4) is 5.69 Å². The monoisotopic (exact) mass is 224 g/mol. The molecule has 0 aliphatic carbocycles. The third-order valence-electron chi connectivity index (χ3n) is 1.84. The highest BCUT2D eigenvalue weighted by Crippen LogP contribution is 2.06. The Balaban J connectivity index is 2.55. The van der Waals surface area contributed by atoms with E-state index in [4.69, 9.17) is 11.6 Å². The molecule has 1 heterocycles. The molecule has 1 aromatic heterocycles. The number of rotatable bonds is 1. The standard InChI is InChI=1S/C10H6ClFN2O/c11-7-5-10(15)14(13-6-7)9-3-1-8(12)2-4-9/h1-6H. The van der Waals surface area contributed by atoms with E-state index < -0.39 is 0 Å². The number of halogens is 2. The molecule has 0 amide bonds. The summed E-state index contributed by atoms with van der Waals surface area (Å²) in [5.41, 5.74) is 0.146. The van der Waals surface area contributed by atoms with Crippen LogP contribution in [0.3, 0.4) is 0 Å². The van der Waals surface area contributed by atoms with E-state index >= 15 is 0 Å². The van der Waals surface area contributed by atoms with Gasteiger partial charge in [-0.1, -0.05) is 11.6 Å². The number of hydrogen-bond acceptors (Lipinski definition) is 2. The summed E-state index contributed by atoms with van der Waals surface area (Å²) in [5, 5.41) is 4.10. The van der Waals surface area contributed by atoms with Gasteiger partial charge < -0.3 is 0 Å². The number of benzene rings is 1. The summed E-state index contributed by atoms with van der Waals surface area (Å²) in [4.78, 5) is 11.4. The Morgan fingerprint density at radius 3 is 2.53 bits per heavy atom. The van der Waals surface area contributed by atoms with E-state index in [9.17, 15) is 9.18 Å². The van der Waals surface area contributed by atoms with E-state index in [1.54, 1.807) is 0 Å². The van der Waals surface area contributed by atoms with Gasteiger partial charge in [0, 0.05) is 6.07 Å². The van der Waals surface area contributed by atoms with Gasteiger partial charge in [0.2, 0.25) is 0 Å². The Hall–Kier alpha value is -1.68. The molecule has 15 heavy (non-hydrogen) atoms. The van der Waals surface area contributed by atoms with Crippen LogP contribution >= 0.6 is 11.6 Å². The minimum Gasteiger partial charge on any atom is -0.267 e. The van der Waals surface area contributed by atoms with E-state index in [1.807, 2.05) is 0 Å². The van der Waals surface area contributed by atoms with Crippen molar-refractivity contribution in [1.29, 1.82) is 0 Å². The van der Waals surface area contributed by atoms with Gasteiger partial charge in [0.15, 0.2) is 0 Å². The maximum absolute atomic E-state index is 12.6. The summed E-state index contributed by atoms with van der Waals surface area (Å²) in [6, 6.07) is 6.71. The Bertz CT molecular complexity index is 536. The van der Waals surface area contributed by atoms with Gasteiger partial charge in [-0.25, -0.2) is 4.39 Å². The highest BCUT2D eigenvalue weighted by atomic mass is 35.5. The molecule has 0 aliphatic heterocycles. The first-order chi connectivity index (χ1) is 7.16. The van der Waals surface area contributed by atoms with Crippen LogP contribution in [0.1, 0.15) is 0 Å². The highest BCUT2D eigenvalue weighted by Gasteiger charge is 2.01. The molecule has 76 valence electrons. The average Bonchev–Trinajstić information content (AvgIpc) is 2.20. The first-order valence-electron chi connectivity index (χ1n) is 4.17. The lowest BCUT2D eigenvalue weighted by molar-refractivity contribution is 0.626. The molecule has 0 radical (unpaired) electrons. The summed E-state index contributed by atoms with van der Waals surface area (Å²) in [5.74, 6) is -0.360. The molecular formula is C10H6ClFN2O. The van der Waals surface area contributed by atoms with Gasteiger partial charge in [0.1, 0.15) is 5.82 Å². The van der Waals surface area contributed by atoms with Crippen molar-refractivity contribution < 1.29 is 4.39 Å². The van der Waals surface area contributed by atoms with Crippen molar-refractivity contribution >= 4 is 11.6 Å². The predicted octanol–water partition coefficient (Wildman–Crippen LogP) is 2.02. The fraction of sp³-hybridized carbons (Fsp3) is 0. The molecule has 0 unspecified atom stereocenters. The van der Waals surface area contributed by atoms with E-state index in [0.717, 1.165) is 4.68 Å². The summed E-state index contributed by atoms with van der Waals surface area (Å²) < 4.78 is 13.8. The van der Waals surface area contributed by atoms with Crippen molar-refractivity contribution in [1.82, 2.24) is 9.78 Å². The van der Waals surface area contributed by atoms with E-state index in [2.05, 4.69) is 5.10 Å². The third kappa shape index (κ3) is 2.05. The van der Waals surface area contributed by atoms with Gasteiger partial charge in [-0.2, -0.15) is 9.78 Å². The normalized spacial score (nSPS) is 10.3. The van der Waals surface area contributed by atoms with Gasteiger partial charge in [-0.15, -0.1) is 0 Å². The average molecular weight is 225 g/mol. The fourth-order valence-corrected chi connectivity index (χ4v) is 1.30. The summed E-state index contributed by atoms with van der Waals surface area (Å²) >= 11 is 5.59. The van der Waals surface area contributed by atoms with Crippen molar-refractivity contribution in [3.05, 3.63) is 57.7 Å². The molecule has 5 heteroatoms. The van der Waals surface area contributed by atoms with Crippen molar-refractivity contribution in [2.75, 3.05) is 0 Å². The molecule has 1 aromatic carbocycles. The Kier molecular flexibility index (Phi) is 2.51. The van der Waals surface area contributed by atoms with Crippen LogP contribution in [0.5, 0.6) is 0 Å². The maximum atomic E-state index is 12.6. The first-order valence-corrected chi connectivity index (χ1v) is 4.55. The molecule has 0 fully saturated rings. The molecule has 0 aliphatic rings. The molecule has 2 rings (SSSR count). The number of hydrogen-bond donors (Lipinski definition) is 0. The Morgan fingerprint density at radius 1 is 1.27 bits per heavy atom. The second kappa shape index (κ2) is 3.82. The topological polar surface area (TPSA) is 34.9 Å². The zero-order valence-corrected chi connectivity index (χ0v) is 8.28. The second-order valence-corrected chi connectivity index (χ2v) is 3.34. The van der Waals surface area contributed by atoms with Gasteiger partial charge in [0.05, 0.1) is 16.9 Å². The van der Waals surface area contributed by atoms with E-state index in [1.165, 1.54) is 36.5 Å². The molecule has 2 aromatic rings. The third-order valence-corrected chi connectivity index (χ3v) is 2.04. The minimum absolute atomic E-state index is 0.276. The zero-order valence-electron chi connectivity index (χ0n) is 7.52. The smallest absolute Gasteiger partial charge is 0.267 e. The SMILES string of the molecule is O=c1cc(Cl)cnn1-c1ccc(F)cc1. The van der Waals surface area contributed by atoms with Crippen LogP contribution in [-0.4, -0.2) is 9.78 Å². The first kappa shape index (κ1) is 9.86. The summed E-state index contributed by atoms with van der Waals surface area (Å²) in [6.07, 6.45) is 1.35. The minimum atomic E-state index is -0.360. The molecule has 0 bridgehead atoms. The Labute approximate surface area is 89.7 Å². The fourth-order valence-electron chi connectivity index (χ4n) is 1.16. The van der Waals surface area contributed by atoms with Crippen LogP contribution in [0, 0.1) is 5.82 Å². The van der Waals surface area contributed by atoms with Gasteiger partial charge in [-0.3, -0.25) is 4.79 Å². The second-order valence-electron chi connectivity index (χ2n) is 2.90. The van der Waals surface area contributed by atoms with Gasteiger partial charge >= 0.3 is 0 Å². The lowest BCUT2D eigenvalue weighted by Gasteiger charge is -2.02. The van der Waals surface area contributed by atoms with Crippen molar-refractivity contribution in [2.24, 2.45) is 0 Å². The zero-order chi connectivity index (χ0) is 10.8. The van der Waals surface area contributed by atoms with Crippen molar-refractivity contribution in [3.63, 3.8) is 0 Å². The van der Waals surface area contributed by atoms with Crippen molar-refractivity contribution in [2.45, 2.75) is 0 Å². The van der Waals surface area contributed by atoms with Crippen LogP contribution in [0.4, 0.5) is 4.39 Å². The molecule has 0 saturated heterocycles. The van der Waals surface area contributed by atoms with E-state index in [0.29, 0.717) is 5.69 Å². The van der Waals surface area contributed by atoms with Gasteiger partial charge in [-0.05, 0) is 24.3 Å². The van der Waals surface area contributed by atoms with Crippen LogP contribution < -0.4 is 5.56 Å². The van der Waals surface area contributed by atoms with Crippen LogP contribution in [-0.2, 0) is 0 Å². The van der Waals surface area contributed by atoms with Crippen LogP contribution in [0.25, 0.3) is 5.69 Å². The molecule has 0 atom stereocenters. The lowest BCUT2D eigenvalue weighted by Crippen LogP contribution is -2.19. The Morgan fingerprint density at radius 2 is 1.93 bits per heavy atom. The summed E-state index contributed by atoms with van der Waals surface area (Å²) in [7, 11) is 0.